The summed E-state index contributed by atoms with van der Waals surface area (Å²) in [5, 5.41) is 0.344. The van der Waals surface area contributed by atoms with E-state index in [0.29, 0.717) is 16.4 Å². The molecule has 0 aromatic heterocycles. The molecular formula is C14H13ClF2N2. The maximum absolute atomic E-state index is 13.8. The van der Waals surface area contributed by atoms with Crippen LogP contribution in [0.1, 0.15) is 5.56 Å². The normalized spacial score (nSPS) is 10.6. The minimum Gasteiger partial charge on any atom is -0.397 e. The molecule has 0 aliphatic heterocycles. The average molecular weight is 283 g/mol. The van der Waals surface area contributed by atoms with Gasteiger partial charge in [-0.05, 0) is 36.8 Å². The minimum absolute atomic E-state index is 0.230. The summed E-state index contributed by atoms with van der Waals surface area (Å²) in [6.45, 7) is 1.87. The Morgan fingerprint density at radius 1 is 1.11 bits per heavy atom. The van der Waals surface area contributed by atoms with Crippen LogP contribution in [0.25, 0.3) is 0 Å². The largest absolute Gasteiger partial charge is 0.397 e. The van der Waals surface area contributed by atoms with Gasteiger partial charge in [-0.15, -0.1) is 0 Å². The van der Waals surface area contributed by atoms with Gasteiger partial charge < -0.3 is 10.6 Å². The van der Waals surface area contributed by atoms with Crippen LogP contribution >= 0.6 is 11.6 Å². The molecule has 0 atom stereocenters. The first-order valence-electron chi connectivity index (χ1n) is 5.64. The predicted octanol–water partition coefficient (Wildman–Crippen LogP) is 4.28. The van der Waals surface area contributed by atoms with Crippen LogP contribution in [0.4, 0.5) is 25.8 Å². The zero-order valence-electron chi connectivity index (χ0n) is 10.5. The summed E-state index contributed by atoms with van der Waals surface area (Å²) in [5.41, 5.74) is 7.92. The van der Waals surface area contributed by atoms with Crippen molar-refractivity contribution in [3.05, 3.63) is 52.6 Å². The zero-order chi connectivity index (χ0) is 14.2. The van der Waals surface area contributed by atoms with Crippen LogP contribution in [0.5, 0.6) is 0 Å². The molecule has 19 heavy (non-hydrogen) atoms. The third-order valence-corrected chi connectivity index (χ3v) is 3.27. The van der Waals surface area contributed by atoms with E-state index in [4.69, 9.17) is 17.3 Å². The number of benzene rings is 2. The highest BCUT2D eigenvalue weighted by Gasteiger charge is 2.15. The van der Waals surface area contributed by atoms with Gasteiger partial charge >= 0.3 is 0 Å². The van der Waals surface area contributed by atoms with Crippen LogP contribution in [-0.4, -0.2) is 7.05 Å². The van der Waals surface area contributed by atoms with E-state index in [1.54, 1.807) is 24.1 Å². The highest BCUT2D eigenvalue weighted by atomic mass is 35.5. The number of halogens is 3. The minimum atomic E-state index is -0.654. The van der Waals surface area contributed by atoms with E-state index in [9.17, 15) is 8.78 Å². The van der Waals surface area contributed by atoms with Crippen molar-refractivity contribution in [3.63, 3.8) is 0 Å². The number of nitrogens with two attached hydrogens (primary N) is 1. The number of anilines is 3. The highest BCUT2D eigenvalue weighted by Crippen LogP contribution is 2.36. The standard InChI is InChI=1S/C14H13ClF2N2/c1-8-5-11(18)14(15)13(6-8)19(2)12-4-3-9(16)7-10(12)17/h3-7H,18H2,1-2H3. The van der Waals surface area contributed by atoms with Crippen molar-refractivity contribution < 1.29 is 8.78 Å². The van der Waals surface area contributed by atoms with Gasteiger partial charge in [0.05, 0.1) is 22.1 Å². The molecule has 5 heteroatoms. The fraction of sp³-hybridized carbons (Fsp3) is 0.143. The Morgan fingerprint density at radius 2 is 1.79 bits per heavy atom. The number of nitrogen functional groups attached to an aromatic ring is 1. The molecule has 0 aliphatic rings. The van der Waals surface area contributed by atoms with E-state index < -0.39 is 11.6 Å². The smallest absolute Gasteiger partial charge is 0.149 e. The molecular weight excluding hydrogens is 270 g/mol. The first kappa shape index (κ1) is 13.6. The van der Waals surface area contributed by atoms with Crippen molar-refractivity contribution in [2.24, 2.45) is 0 Å². The third-order valence-electron chi connectivity index (χ3n) is 2.86. The maximum atomic E-state index is 13.8. The molecule has 2 aromatic carbocycles. The van der Waals surface area contributed by atoms with E-state index in [1.807, 2.05) is 6.92 Å². The summed E-state index contributed by atoms with van der Waals surface area (Å²) in [5.74, 6) is -1.27. The predicted molar refractivity (Wildman–Crippen MR) is 75.0 cm³/mol. The number of rotatable bonds is 2. The van der Waals surface area contributed by atoms with Gasteiger partial charge in [0, 0.05) is 13.1 Å². The Bertz CT molecular complexity index is 629. The molecule has 0 amide bonds. The van der Waals surface area contributed by atoms with Crippen molar-refractivity contribution in [3.8, 4) is 0 Å². The Balaban J connectivity index is 2.52. The lowest BCUT2D eigenvalue weighted by Gasteiger charge is -2.22. The Kier molecular flexibility index (Phi) is 3.62. The van der Waals surface area contributed by atoms with Crippen LogP contribution in [-0.2, 0) is 0 Å². The van der Waals surface area contributed by atoms with E-state index >= 15 is 0 Å². The van der Waals surface area contributed by atoms with Crippen LogP contribution in [0.15, 0.2) is 30.3 Å². The van der Waals surface area contributed by atoms with Crippen molar-refractivity contribution in [2.75, 3.05) is 17.7 Å². The van der Waals surface area contributed by atoms with Crippen molar-refractivity contribution >= 4 is 28.7 Å². The monoisotopic (exact) mass is 282 g/mol. The lowest BCUT2D eigenvalue weighted by molar-refractivity contribution is 0.583. The molecule has 0 radical (unpaired) electrons. The second-order valence-electron chi connectivity index (χ2n) is 4.34. The van der Waals surface area contributed by atoms with Gasteiger partial charge in [-0.2, -0.15) is 0 Å². The van der Waals surface area contributed by atoms with E-state index in [0.717, 1.165) is 11.6 Å². The van der Waals surface area contributed by atoms with Gasteiger partial charge in [0.2, 0.25) is 0 Å². The van der Waals surface area contributed by atoms with Crippen LogP contribution in [0.2, 0.25) is 5.02 Å². The molecule has 0 unspecified atom stereocenters. The zero-order valence-corrected chi connectivity index (χ0v) is 11.3. The summed E-state index contributed by atoms with van der Waals surface area (Å²) in [6, 6.07) is 6.92. The SMILES string of the molecule is Cc1cc(N)c(Cl)c(N(C)c2ccc(F)cc2F)c1. The number of aryl methyl sites for hydroxylation is 1. The lowest BCUT2D eigenvalue weighted by atomic mass is 10.1. The summed E-state index contributed by atoms with van der Waals surface area (Å²) in [7, 11) is 1.65. The molecule has 0 aliphatic carbocycles. The number of nitrogens with zero attached hydrogens (tertiary/aromatic N) is 1. The third kappa shape index (κ3) is 2.63. The fourth-order valence-corrected chi connectivity index (χ4v) is 2.14. The number of hydrogen-bond acceptors (Lipinski definition) is 2. The quantitative estimate of drug-likeness (QED) is 0.833. The second kappa shape index (κ2) is 5.05. The van der Waals surface area contributed by atoms with Crippen molar-refractivity contribution in [1.29, 1.82) is 0 Å². The Morgan fingerprint density at radius 3 is 2.42 bits per heavy atom. The summed E-state index contributed by atoms with van der Waals surface area (Å²) < 4.78 is 26.7. The van der Waals surface area contributed by atoms with Gasteiger partial charge in [-0.3, -0.25) is 0 Å². The van der Waals surface area contributed by atoms with Crippen molar-refractivity contribution in [2.45, 2.75) is 6.92 Å². The Hall–Kier alpha value is -1.81. The summed E-state index contributed by atoms with van der Waals surface area (Å²) >= 11 is 6.13. The molecule has 100 valence electrons. The number of hydrogen-bond donors (Lipinski definition) is 1. The molecule has 0 fully saturated rings. The summed E-state index contributed by atoms with van der Waals surface area (Å²) in [4.78, 5) is 1.54. The van der Waals surface area contributed by atoms with Gasteiger partial charge in [0.25, 0.3) is 0 Å². The molecule has 0 heterocycles. The second-order valence-corrected chi connectivity index (χ2v) is 4.72. The van der Waals surface area contributed by atoms with E-state index in [2.05, 4.69) is 0 Å². The van der Waals surface area contributed by atoms with Gasteiger partial charge in [-0.1, -0.05) is 11.6 Å². The molecule has 2 rings (SSSR count). The van der Waals surface area contributed by atoms with Gasteiger partial charge in [0.15, 0.2) is 0 Å². The van der Waals surface area contributed by atoms with Gasteiger partial charge in [-0.25, -0.2) is 8.78 Å². The Labute approximate surface area is 115 Å². The van der Waals surface area contributed by atoms with E-state index in [1.165, 1.54) is 12.1 Å². The van der Waals surface area contributed by atoms with E-state index in [-0.39, 0.29) is 5.69 Å². The van der Waals surface area contributed by atoms with Gasteiger partial charge in [0.1, 0.15) is 11.6 Å². The molecule has 0 saturated heterocycles. The maximum Gasteiger partial charge on any atom is 0.149 e. The average Bonchev–Trinajstić information content (AvgIpc) is 2.33. The molecule has 2 N–H and O–H groups in total. The molecule has 0 spiro atoms. The molecule has 2 aromatic rings. The topological polar surface area (TPSA) is 29.3 Å². The lowest BCUT2D eigenvalue weighted by Crippen LogP contribution is -2.12. The fourth-order valence-electron chi connectivity index (χ4n) is 1.90. The molecule has 2 nitrogen and oxygen atoms in total. The van der Waals surface area contributed by atoms with Crippen molar-refractivity contribution in [1.82, 2.24) is 0 Å². The summed E-state index contributed by atoms with van der Waals surface area (Å²) in [6.07, 6.45) is 0. The van der Waals surface area contributed by atoms with Crippen LogP contribution in [0.3, 0.4) is 0 Å². The molecule has 0 bridgehead atoms. The van der Waals surface area contributed by atoms with Crippen LogP contribution < -0.4 is 10.6 Å². The molecule has 0 saturated carbocycles. The first-order chi connectivity index (χ1) is 8.90. The highest BCUT2D eigenvalue weighted by molar-refractivity contribution is 6.36. The first-order valence-corrected chi connectivity index (χ1v) is 6.02. The van der Waals surface area contributed by atoms with Crippen LogP contribution in [0, 0.1) is 18.6 Å².